The number of furan rings is 1. The molecule has 0 aliphatic rings. The molecule has 32 heavy (non-hydrogen) atoms. The van der Waals surface area contributed by atoms with Crippen LogP contribution in [0.3, 0.4) is 0 Å². The Hall–Kier alpha value is -4.35. The summed E-state index contributed by atoms with van der Waals surface area (Å²) in [6.07, 6.45) is -3.43. The van der Waals surface area contributed by atoms with Gasteiger partial charge in [0.15, 0.2) is 5.76 Å². The van der Waals surface area contributed by atoms with Crippen LogP contribution in [0.25, 0.3) is 0 Å². The van der Waals surface area contributed by atoms with Crippen LogP contribution in [0.5, 0.6) is 0 Å². The van der Waals surface area contributed by atoms with Gasteiger partial charge >= 0.3 is 6.18 Å². The third-order valence-electron chi connectivity index (χ3n) is 4.33. The van der Waals surface area contributed by atoms with Crippen LogP contribution in [0.1, 0.15) is 32.0 Å². The lowest BCUT2D eigenvalue weighted by Gasteiger charge is -2.13. The highest BCUT2D eigenvalue weighted by atomic mass is 19.4. The summed E-state index contributed by atoms with van der Waals surface area (Å²) in [7, 11) is 0. The second-order valence-corrected chi connectivity index (χ2v) is 6.53. The maximum Gasteiger partial charge on any atom is 0.416 e. The molecule has 3 rings (SSSR count). The van der Waals surface area contributed by atoms with Crippen molar-refractivity contribution in [3.05, 3.63) is 87.4 Å². The number of hydrogen-bond acceptors (Lipinski definition) is 6. The second kappa shape index (κ2) is 8.79. The van der Waals surface area contributed by atoms with Crippen LogP contribution < -0.4 is 16.2 Å². The van der Waals surface area contributed by atoms with Crippen LogP contribution in [0.15, 0.2) is 59.2 Å². The van der Waals surface area contributed by atoms with Crippen LogP contribution in [0.2, 0.25) is 0 Å². The Kier molecular flexibility index (Phi) is 6.14. The summed E-state index contributed by atoms with van der Waals surface area (Å²) in [6, 6.07) is 9.22. The minimum Gasteiger partial charge on any atom is -0.459 e. The molecule has 12 heteroatoms. The van der Waals surface area contributed by atoms with Crippen LogP contribution in [-0.2, 0) is 6.18 Å². The van der Waals surface area contributed by atoms with Crippen molar-refractivity contribution in [1.82, 2.24) is 5.43 Å². The zero-order chi connectivity index (χ0) is 23.5. The van der Waals surface area contributed by atoms with E-state index in [1.54, 1.807) is 13.0 Å². The van der Waals surface area contributed by atoms with Gasteiger partial charge in [0, 0.05) is 17.3 Å². The van der Waals surface area contributed by atoms with Crippen molar-refractivity contribution in [2.24, 2.45) is 0 Å². The van der Waals surface area contributed by atoms with Gasteiger partial charge in [-0.15, -0.1) is 0 Å². The molecule has 0 radical (unpaired) electrons. The minimum atomic E-state index is -4.76. The molecule has 0 aliphatic heterocycles. The first-order chi connectivity index (χ1) is 15.1. The summed E-state index contributed by atoms with van der Waals surface area (Å²) in [5.74, 6) is -1.21. The number of aryl methyl sites for hydroxylation is 1. The number of halogens is 3. The first kappa shape index (κ1) is 22.3. The number of amides is 2. The molecule has 0 unspecified atom stereocenters. The lowest BCUT2D eigenvalue weighted by atomic mass is 10.1. The molecule has 0 aliphatic carbocycles. The number of nitrogens with one attached hydrogen (secondary N) is 3. The van der Waals surface area contributed by atoms with Crippen molar-refractivity contribution in [3.8, 4) is 0 Å². The summed E-state index contributed by atoms with van der Waals surface area (Å²) in [4.78, 5) is 34.7. The Morgan fingerprint density at radius 2 is 1.78 bits per heavy atom. The van der Waals surface area contributed by atoms with Crippen LogP contribution in [0, 0.1) is 17.0 Å². The molecule has 0 atom stereocenters. The molecule has 0 saturated carbocycles. The highest BCUT2D eigenvalue weighted by molar-refractivity contribution is 6.04. The molecule has 166 valence electrons. The molecule has 9 nitrogen and oxygen atoms in total. The average Bonchev–Trinajstić information content (AvgIpc) is 3.27. The van der Waals surface area contributed by atoms with Gasteiger partial charge in [-0.2, -0.15) is 13.2 Å². The van der Waals surface area contributed by atoms with E-state index in [0.717, 1.165) is 6.07 Å². The fourth-order valence-electron chi connectivity index (χ4n) is 2.65. The van der Waals surface area contributed by atoms with E-state index in [1.807, 2.05) is 0 Å². The fourth-order valence-corrected chi connectivity index (χ4v) is 2.65. The summed E-state index contributed by atoms with van der Waals surface area (Å²) < 4.78 is 43.4. The molecule has 3 N–H and O–H groups in total. The van der Waals surface area contributed by atoms with Crippen molar-refractivity contribution in [1.29, 1.82) is 0 Å². The Morgan fingerprint density at radius 1 is 1.03 bits per heavy atom. The zero-order valence-corrected chi connectivity index (χ0v) is 16.3. The van der Waals surface area contributed by atoms with Gasteiger partial charge in [0.2, 0.25) is 0 Å². The van der Waals surface area contributed by atoms with E-state index in [2.05, 4.69) is 16.2 Å². The van der Waals surface area contributed by atoms with Gasteiger partial charge in [0.1, 0.15) is 5.69 Å². The third-order valence-corrected chi connectivity index (χ3v) is 4.33. The maximum absolute atomic E-state index is 12.8. The largest absolute Gasteiger partial charge is 0.459 e. The molecule has 0 bridgehead atoms. The van der Waals surface area contributed by atoms with E-state index in [-0.39, 0.29) is 17.0 Å². The average molecular weight is 448 g/mol. The van der Waals surface area contributed by atoms with Crippen molar-refractivity contribution >= 4 is 28.9 Å². The van der Waals surface area contributed by atoms with Crippen molar-refractivity contribution in [3.63, 3.8) is 0 Å². The topological polar surface area (TPSA) is 127 Å². The number of carbonyl (C=O) groups is 2. The van der Waals surface area contributed by atoms with Crippen molar-refractivity contribution in [2.75, 3.05) is 10.7 Å². The van der Waals surface area contributed by atoms with Gasteiger partial charge < -0.3 is 9.73 Å². The fraction of sp³-hybridized carbons (Fsp3) is 0.100. The van der Waals surface area contributed by atoms with Gasteiger partial charge in [0.05, 0.1) is 16.7 Å². The summed E-state index contributed by atoms with van der Waals surface area (Å²) >= 11 is 0. The minimum absolute atomic E-state index is 0.0653. The number of hydrazine groups is 1. The number of nitro groups is 1. The van der Waals surface area contributed by atoms with Gasteiger partial charge in [-0.1, -0.05) is 6.07 Å². The van der Waals surface area contributed by atoms with Crippen LogP contribution in [0.4, 0.5) is 30.2 Å². The second-order valence-electron chi connectivity index (χ2n) is 6.53. The van der Waals surface area contributed by atoms with E-state index in [9.17, 15) is 32.9 Å². The van der Waals surface area contributed by atoms with Crippen LogP contribution in [-0.4, -0.2) is 16.7 Å². The maximum atomic E-state index is 12.8. The molecule has 1 heterocycles. The number of alkyl halides is 3. The third kappa shape index (κ3) is 5.03. The molecule has 3 aromatic rings. The summed E-state index contributed by atoms with van der Waals surface area (Å²) in [5, 5.41) is 13.7. The Balaban J connectivity index is 1.75. The predicted octanol–water partition coefficient (Wildman–Crippen LogP) is 4.52. The smallest absolute Gasteiger partial charge is 0.416 e. The van der Waals surface area contributed by atoms with Crippen molar-refractivity contribution < 1.29 is 32.1 Å². The Labute approximate surface area is 178 Å². The number of anilines is 2. The van der Waals surface area contributed by atoms with Gasteiger partial charge in [0.25, 0.3) is 17.5 Å². The highest BCUT2D eigenvalue weighted by Gasteiger charge is 2.33. The zero-order valence-electron chi connectivity index (χ0n) is 16.3. The number of benzene rings is 2. The lowest BCUT2D eigenvalue weighted by molar-refractivity contribution is -0.384. The summed E-state index contributed by atoms with van der Waals surface area (Å²) in [6.45, 7) is 1.70. The first-order valence-electron chi connectivity index (χ1n) is 8.94. The number of rotatable bonds is 6. The summed E-state index contributed by atoms with van der Waals surface area (Å²) in [5.41, 5.74) is 3.09. The highest BCUT2D eigenvalue weighted by Crippen LogP contribution is 2.34. The molecule has 0 spiro atoms. The predicted molar refractivity (Wildman–Crippen MR) is 107 cm³/mol. The van der Waals surface area contributed by atoms with E-state index in [4.69, 9.17) is 4.42 Å². The lowest BCUT2D eigenvalue weighted by Crippen LogP contribution is -2.30. The van der Waals surface area contributed by atoms with E-state index < -0.39 is 34.2 Å². The normalized spacial score (nSPS) is 11.0. The van der Waals surface area contributed by atoms with Crippen LogP contribution >= 0.6 is 0 Å². The van der Waals surface area contributed by atoms with E-state index >= 15 is 0 Å². The number of carbonyl (C=O) groups excluding carboxylic acids is 2. The van der Waals surface area contributed by atoms with E-state index in [1.165, 1.54) is 30.5 Å². The quantitative estimate of drug-likeness (QED) is 0.376. The molecular formula is C20H15F3N4O5. The monoisotopic (exact) mass is 448 g/mol. The first-order valence-corrected chi connectivity index (χ1v) is 8.94. The van der Waals surface area contributed by atoms with Gasteiger partial charge in [-0.05, 0) is 48.9 Å². The van der Waals surface area contributed by atoms with Crippen molar-refractivity contribution in [2.45, 2.75) is 13.1 Å². The standard InChI is InChI=1S/C20H15F3N4O5/c1-11-4-5-12(9-15(11)24-19(29)17-3-2-8-32-17)18(28)26-25-14-7-6-13(20(21,22)23)10-16(14)27(30)31/h2-10,25H,1H3,(H,24,29)(H,26,28). The molecule has 0 saturated heterocycles. The van der Waals surface area contributed by atoms with Gasteiger partial charge in [-0.3, -0.25) is 30.6 Å². The van der Waals surface area contributed by atoms with E-state index in [0.29, 0.717) is 23.4 Å². The number of hydrogen-bond donors (Lipinski definition) is 3. The Morgan fingerprint density at radius 3 is 2.41 bits per heavy atom. The molecular weight excluding hydrogens is 433 g/mol. The molecule has 2 aromatic carbocycles. The number of nitrogens with zero attached hydrogens (tertiary/aromatic N) is 1. The Bertz CT molecular complexity index is 1180. The molecule has 2 amide bonds. The number of nitro benzene ring substituents is 1. The van der Waals surface area contributed by atoms with Gasteiger partial charge in [-0.25, -0.2) is 0 Å². The molecule has 0 fully saturated rings. The SMILES string of the molecule is Cc1ccc(C(=O)NNc2ccc(C(F)(F)F)cc2[N+](=O)[O-])cc1NC(=O)c1ccco1. The molecule has 1 aromatic heterocycles.